The maximum atomic E-state index is 13.3. The molecule has 0 amide bonds. The summed E-state index contributed by atoms with van der Waals surface area (Å²) in [5.41, 5.74) is 2.98. The van der Waals surface area contributed by atoms with Crippen LogP contribution in [0.4, 0.5) is 4.39 Å². The van der Waals surface area contributed by atoms with Gasteiger partial charge in [0.05, 0.1) is 6.61 Å². The van der Waals surface area contributed by atoms with Crippen molar-refractivity contribution < 1.29 is 39.0 Å². The number of aliphatic hydroxyl groups is 4. The van der Waals surface area contributed by atoms with E-state index in [1.54, 1.807) is 31.4 Å². The fourth-order valence-electron chi connectivity index (χ4n) is 4.47. The fraction of sp³-hybridized carbons (Fsp3) is 0.385. The number of benzene rings is 2. The minimum atomic E-state index is -1.82. The van der Waals surface area contributed by atoms with Crippen molar-refractivity contribution in [2.24, 2.45) is 0 Å². The van der Waals surface area contributed by atoms with Crippen LogP contribution in [-0.4, -0.2) is 65.7 Å². The van der Waals surface area contributed by atoms with Crippen LogP contribution in [-0.2, 0) is 20.0 Å². The third kappa shape index (κ3) is 4.66. The number of aryl methyl sites for hydroxylation is 1. The molecule has 2 heterocycles. The van der Waals surface area contributed by atoms with Gasteiger partial charge in [0.1, 0.15) is 36.3 Å². The van der Waals surface area contributed by atoms with E-state index >= 15 is 0 Å². The molecule has 4 rings (SSSR count). The van der Waals surface area contributed by atoms with Crippen molar-refractivity contribution in [3.05, 3.63) is 82.0 Å². The SMILES string of the molecule is COC(c1ccc(-c2ccc(F)cc2)s1)c1cc(C2(OC)O[C@H](CO)[C@@H](O)[C@H](O)[C@H]2O)ccc1C. The van der Waals surface area contributed by atoms with Gasteiger partial charge in [-0.05, 0) is 53.9 Å². The number of rotatable bonds is 7. The summed E-state index contributed by atoms with van der Waals surface area (Å²) in [4.78, 5) is 1.87. The molecule has 2 unspecified atom stereocenters. The van der Waals surface area contributed by atoms with Crippen molar-refractivity contribution in [3.8, 4) is 10.4 Å². The molecule has 1 aromatic heterocycles. The van der Waals surface area contributed by atoms with Gasteiger partial charge in [-0.1, -0.05) is 24.3 Å². The van der Waals surface area contributed by atoms with Gasteiger partial charge >= 0.3 is 0 Å². The molecule has 1 fully saturated rings. The minimum absolute atomic E-state index is 0.298. The standard InChI is InChI=1S/C26H29FO7S/c1-14-4-7-16(26(33-3)25(31)23(30)22(29)19(13-28)34-26)12-18(14)24(32-2)21-11-10-20(35-21)15-5-8-17(27)9-6-15/h4-12,19,22-25,28-31H,13H2,1-3H3/t19-,22-,23+,24?,25-,26?/m1/s1. The fourth-order valence-corrected chi connectivity index (χ4v) is 5.58. The highest BCUT2D eigenvalue weighted by molar-refractivity contribution is 7.15. The van der Waals surface area contributed by atoms with Gasteiger partial charge < -0.3 is 34.6 Å². The van der Waals surface area contributed by atoms with Crippen LogP contribution in [0.25, 0.3) is 10.4 Å². The third-order valence-electron chi connectivity index (χ3n) is 6.47. The average Bonchev–Trinajstić information content (AvgIpc) is 3.35. The lowest BCUT2D eigenvalue weighted by Crippen LogP contribution is -2.64. The smallest absolute Gasteiger partial charge is 0.224 e. The van der Waals surface area contributed by atoms with E-state index < -0.39 is 42.9 Å². The van der Waals surface area contributed by atoms with E-state index in [0.29, 0.717) is 5.56 Å². The van der Waals surface area contributed by atoms with Crippen LogP contribution >= 0.6 is 11.3 Å². The van der Waals surface area contributed by atoms with Crippen LogP contribution in [0.1, 0.15) is 27.7 Å². The lowest BCUT2D eigenvalue weighted by Gasteiger charge is -2.47. The Bertz CT molecular complexity index is 1150. The molecule has 6 atom stereocenters. The summed E-state index contributed by atoms with van der Waals surface area (Å²) in [6.07, 6.45) is -6.32. The zero-order valence-electron chi connectivity index (χ0n) is 19.6. The molecule has 0 aliphatic carbocycles. The predicted octanol–water partition coefficient (Wildman–Crippen LogP) is 2.87. The molecule has 1 aliphatic heterocycles. The van der Waals surface area contributed by atoms with E-state index in [1.165, 1.54) is 30.6 Å². The summed E-state index contributed by atoms with van der Waals surface area (Å²) < 4.78 is 30.6. The van der Waals surface area contributed by atoms with Crippen LogP contribution in [0, 0.1) is 12.7 Å². The Hall–Kier alpha value is -2.21. The second-order valence-corrected chi connectivity index (χ2v) is 9.65. The Labute approximate surface area is 207 Å². The molecule has 4 N–H and O–H groups in total. The quantitative estimate of drug-likeness (QED) is 0.392. The van der Waals surface area contributed by atoms with E-state index in [9.17, 15) is 24.8 Å². The van der Waals surface area contributed by atoms with Crippen molar-refractivity contribution in [1.82, 2.24) is 0 Å². The first-order chi connectivity index (χ1) is 16.7. The highest BCUT2D eigenvalue weighted by Gasteiger charge is 2.55. The summed E-state index contributed by atoms with van der Waals surface area (Å²) in [6, 6.07) is 15.5. The Morgan fingerprint density at radius 2 is 1.74 bits per heavy atom. The Balaban J connectivity index is 1.73. The zero-order valence-corrected chi connectivity index (χ0v) is 20.4. The first-order valence-electron chi connectivity index (χ1n) is 11.1. The van der Waals surface area contributed by atoms with Gasteiger partial charge in [0.25, 0.3) is 0 Å². The number of halogens is 1. The minimum Gasteiger partial charge on any atom is -0.394 e. The Morgan fingerprint density at radius 3 is 2.37 bits per heavy atom. The molecule has 0 saturated carbocycles. The maximum absolute atomic E-state index is 13.3. The summed E-state index contributed by atoms with van der Waals surface area (Å²) in [7, 11) is 2.91. The Morgan fingerprint density at radius 1 is 1.03 bits per heavy atom. The van der Waals surface area contributed by atoms with Gasteiger partial charge in [-0.25, -0.2) is 4.39 Å². The number of hydrogen-bond acceptors (Lipinski definition) is 8. The second kappa shape index (κ2) is 10.4. The molecule has 9 heteroatoms. The zero-order chi connectivity index (χ0) is 25.3. The summed E-state index contributed by atoms with van der Waals surface area (Å²) in [6.45, 7) is 1.35. The average molecular weight is 505 g/mol. The van der Waals surface area contributed by atoms with Crippen molar-refractivity contribution >= 4 is 11.3 Å². The van der Waals surface area contributed by atoms with Gasteiger partial charge in [-0.15, -0.1) is 11.3 Å². The van der Waals surface area contributed by atoms with Gasteiger partial charge in [0, 0.05) is 29.5 Å². The van der Waals surface area contributed by atoms with E-state index in [1.807, 2.05) is 25.1 Å². The van der Waals surface area contributed by atoms with E-state index in [4.69, 9.17) is 14.2 Å². The lowest BCUT2D eigenvalue weighted by molar-refractivity contribution is -0.366. The van der Waals surface area contributed by atoms with E-state index in [-0.39, 0.29) is 5.82 Å². The normalized spacial score (nSPS) is 27.7. The number of methoxy groups -OCH3 is 2. The molecular formula is C26H29FO7S. The molecule has 3 aromatic rings. The van der Waals surface area contributed by atoms with Crippen molar-refractivity contribution in [3.63, 3.8) is 0 Å². The predicted molar refractivity (Wildman–Crippen MR) is 128 cm³/mol. The first kappa shape index (κ1) is 25.9. The summed E-state index contributed by atoms with van der Waals surface area (Å²) in [5, 5.41) is 41.1. The van der Waals surface area contributed by atoms with Gasteiger partial charge in [0.15, 0.2) is 0 Å². The summed E-state index contributed by atoms with van der Waals surface area (Å²) >= 11 is 1.51. The number of aliphatic hydroxyl groups excluding tert-OH is 4. The lowest BCUT2D eigenvalue weighted by atomic mass is 9.86. The largest absolute Gasteiger partial charge is 0.394 e. The van der Waals surface area contributed by atoms with E-state index in [2.05, 4.69) is 0 Å². The van der Waals surface area contributed by atoms with Crippen molar-refractivity contribution in [1.29, 1.82) is 0 Å². The third-order valence-corrected chi connectivity index (χ3v) is 7.64. The maximum Gasteiger partial charge on any atom is 0.224 e. The topological polar surface area (TPSA) is 109 Å². The number of thiophene rings is 1. The molecule has 1 aliphatic rings. The molecule has 188 valence electrons. The molecular weight excluding hydrogens is 475 g/mol. The second-order valence-electron chi connectivity index (χ2n) is 8.53. The molecule has 7 nitrogen and oxygen atoms in total. The molecule has 0 spiro atoms. The first-order valence-corrected chi connectivity index (χ1v) is 11.9. The number of hydrogen-bond donors (Lipinski definition) is 4. The molecule has 2 aromatic carbocycles. The highest BCUT2D eigenvalue weighted by Crippen LogP contribution is 2.42. The summed E-state index contributed by atoms with van der Waals surface area (Å²) in [5.74, 6) is -2.12. The van der Waals surface area contributed by atoms with Gasteiger partial charge in [-0.2, -0.15) is 0 Å². The van der Waals surface area contributed by atoms with Crippen LogP contribution in [0.15, 0.2) is 54.6 Å². The van der Waals surface area contributed by atoms with Crippen molar-refractivity contribution in [2.75, 3.05) is 20.8 Å². The van der Waals surface area contributed by atoms with Crippen molar-refractivity contribution in [2.45, 2.75) is 43.2 Å². The van der Waals surface area contributed by atoms with E-state index in [0.717, 1.165) is 26.4 Å². The molecule has 0 bridgehead atoms. The Kier molecular flexibility index (Phi) is 7.70. The van der Waals surface area contributed by atoms with Crippen LogP contribution in [0.3, 0.4) is 0 Å². The van der Waals surface area contributed by atoms with Gasteiger partial charge in [-0.3, -0.25) is 0 Å². The van der Waals surface area contributed by atoms with Gasteiger partial charge in [0.2, 0.25) is 5.79 Å². The molecule has 35 heavy (non-hydrogen) atoms. The molecule has 1 saturated heterocycles. The van der Waals surface area contributed by atoms with Crippen LogP contribution in [0.2, 0.25) is 0 Å². The van der Waals surface area contributed by atoms with Crippen LogP contribution < -0.4 is 0 Å². The molecule has 0 radical (unpaired) electrons. The van der Waals surface area contributed by atoms with Crippen LogP contribution in [0.5, 0.6) is 0 Å². The highest BCUT2D eigenvalue weighted by atomic mass is 32.1. The monoisotopic (exact) mass is 504 g/mol. The number of ether oxygens (including phenoxy) is 3.